The van der Waals surface area contributed by atoms with Gasteiger partial charge in [0.15, 0.2) is 0 Å². The van der Waals surface area contributed by atoms with Crippen LogP contribution >= 0.6 is 11.6 Å². The van der Waals surface area contributed by atoms with Crippen molar-refractivity contribution in [1.82, 2.24) is 35.2 Å². The lowest BCUT2D eigenvalue weighted by Gasteiger charge is -2.13. The van der Waals surface area contributed by atoms with Crippen LogP contribution in [-0.2, 0) is 18.8 Å². The molecular formula is C44H41ClN8O3. The highest BCUT2D eigenvalue weighted by molar-refractivity contribution is 6.28. The van der Waals surface area contributed by atoms with E-state index in [4.69, 9.17) is 22.1 Å². The van der Waals surface area contributed by atoms with Crippen LogP contribution in [0.3, 0.4) is 0 Å². The Kier molecular flexibility index (Phi) is 12.4. The number of hydrogen-bond acceptors (Lipinski definition) is 9. The van der Waals surface area contributed by atoms with Crippen molar-refractivity contribution in [2.75, 3.05) is 18.9 Å². The van der Waals surface area contributed by atoms with Gasteiger partial charge < -0.3 is 16.6 Å². The fraction of sp³-hybridized carbons (Fsp3) is 0.136. The van der Waals surface area contributed by atoms with Crippen molar-refractivity contribution in [2.45, 2.75) is 12.8 Å². The van der Waals surface area contributed by atoms with E-state index in [0.717, 1.165) is 57.0 Å². The summed E-state index contributed by atoms with van der Waals surface area (Å²) in [5, 5.41) is 4.53. The average molecular weight is 765 g/mol. The zero-order valence-electron chi connectivity index (χ0n) is 31.1. The summed E-state index contributed by atoms with van der Waals surface area (Å²) in [6, 6.07) is 35.3. The third-order valence-corrected chi connectivity index (χ3v) is 9.71. The molecule has 0 radical (unpaired) electrons. The van der Waals surface area contributed by atoms with E-state index in [1.165, 1.54) is 22.0 Å². The van der Waals surface area contributed by atoms with Gasteiger partial charge in [-0.3, -0.25) is 28.7 Å². The van der Waals surface area contributed by atoms with Crippen molar-refractivity contribution in [3.63, 3.8) is 0 Å². The van der Waals surface area contributed by atoms with Gasteiger partial charge in [0.1, 0.15) is 0 Å². The first kappa shape index (κ1) is 39.2. The van der Waals surface area contributed by atoms with Crippen molar-refractivity contribution in [2.24, 2.45) is 14.1 Å². The molecule has 0 spiro atoms. The lowest BCUT2D eigenvalue weighted by molar-refractivity contribution is 0.198. The lowest BCUT2D eigenvalue weighted by atomic mass is 9.98. The highest BCUT2D eigenvalue weighted by atomic mass is 35.5. The largest absolute Gasteiger partial charge is 0.381 e. The molecule has 9 rings (SSSR count). The van der Waals surface area contributed by atoms with Crippen LogP contribution in [0.15, 0.2) is 144 Å². The molecule has 56 heavy (non-hydrogen) atoms. The number of rotatable bonds is 4. The molecule has 4 aromatic carbocycles. The Labute approximate surface area is 328 Å². The van der Waals surface area contributed by atoms with Crippen LogP contribution < -0.4 is 23.0 Å². The SMILES string of the molecule is C1CCOC1.Cn1c(Cl)nc(-c2ccncc2)c(-c2ccc3ccccc3c2)c1=O.Cn1c(N)nc(-c2ccncc2)c(-c2ccc3ccccc3c2)c1=O.N. The third-order valence-electron chi connectivity index (χ3n) is 9.37. The Bertz CT molecular complexity index is 2540. The predicted molar refractivity (Wildman–Crippen MR) is 226 cm³/mol. The van der Waals surface area contributed by atoms with Crippen LogP contribution in [0.25, 0.3) is 66.3 Å². The molecule has 11 nitrogen and oxygen atoms in total. The molecule has 1 fully saturated rings. The second-order valence-corrected chi connectivity index (χ2v) is 13.3. The van der Waals surface area contributed by atoms with E-state index in [9.17, 15) is 9.59 Å². The number of anilines is 1. The van der Waals surface area contributed by atoms with Gasteiger partial charge in [0.25, 0.3) is 11.1 Å². The number of aromatic nitrogens is 6. The molecular weight excluding hydrogens is 724 g/mol. The lowest BCUT2D eigenvalue weighted by Crippen LogP contribution is -2.24. The molecule has 0 aliphatic carbocycles. The van der Waals surface area contributed by atoms with Gasteiger partial charge in [-0.05, 0) is 93.5 Å². The summed E-state index contributed by atoms with van der Waals surface area (Å²) in [6.45, 7) is 2.00. The van der Waals surface area contributed by atoms with E-state index in [-0.39, 0.29) is 28.5 Å². The monoisotopic (exact) mass is 764 g/mol. The zero-order valence-corrected chi connectivity index (χ0v) is 31.9. The Morgan fingerprint density at radius 3 is 1.45 bits per heavy atom. The molecule has 8 aromatic rings. The minimum atomic E-state index is -0.179. The second-order valence-electron chi connectivity index (χ2n) is 12.9. The maximum atomic E-state index is 12.9. The molecule has 5 heterocycles. The molecule has 1 saturated heterocycles. The first-order chi connectivity index (χ1) is 26.8. The number of benzene rings is 4. The van der Waals surface area contributed by atoms with Gasteiger partial charge in [-0.1, -0.05) is 72.8 Å². The molecule has 1 aliphatic rings. The standard InChI is InChI=1S/C20H14ClN3O.C20H16N4O.C4H8O.H3N/c2*1-24-19(25)17(16-7-6-13-4-2-3-5-15(13)12-16)18(23-20(24)21)14-8-10-22-11-9-14;1-2-4-5-3-1;/h2-12H,1H3;2-12H,1H3,(H2,21,23);1-4H2;1H3. The van der Waals surface area contributed by atoms with Crippen molar-refractivity contribution < 1.29 is 4.74 Å². The molecule has 5 N–H and O–H groups in total. The van der Waals surface area contributed by atoms with E-state index < -0.39 is 0 Å². The highest BCUT2D eigenvalue weighted by Crippen LogP contribution is 2.32. The van der Waals surface area contributed by atoms with Gasteiger partial charge >= 0.3 is 0 Å². The summed E-state index contributed by atoms with van der Waals surface area (Å²) in [7, 11) is 3.25. The third kappa shape index (κ3) is 8.40. The fourth-order valence-corrected chi connectivity index (χ4v) is 6.51. The van der Waals surface area contributed by atoms with Crippen LogP contribution in [-0.4, -0.2) is 42.3 Å². The number of nitrogens with two attached hydrogens (primary N) is 1. The van der Waals surface area contributed by atoms with Gasteiger partial charge in [-0.15, -0.1) is 0 Å². The summed E-state index contributed by atoms with van der Waals surface area (Å²) in [6.07, 6.45) is 9.25. The minimum absolute atomic E-state index is 0. The van der Waals surface area contributed by atoms with E-state index in [1.54, 1.807) is 38.9 Å². The van der Waals surface area contributed by atoms with Crippen LogP contribution in [0.5, 0.6) is 0 Å². The number of ether oxygens (including phenoxy) is 1. The van der Waals surface area contributed by atoms with Crippen molar-refractivity contribution in [3.8, 4) is 44.8 Å². The van der Waals surface area contributed by atoms with E-state index in [2.05, 4.69) is 19.9 Å². The van der Waals surface area contributed by atoms with Gasteiger partial charge in [0.05, 0.1) is 22.5 Å². The topological polar surface area (TPSA) is 166 Å². The van der Waals surface area contributed by atoms with Crippen LogP contribution in [0, 0.1) is 0 Å². The average Bonchev–Trinajstić information content (AvgIpc) is 3.83. The summed E-state index contributed by atoms with van der Waals surface area (Å²) < 4.78 is 7.67. The first-order valence-electron chi connectivity index (χ1n) is 17.8. The summed E-state index contributed by atoms with van der Waals surface area (Å²) in [5.41, 5.74) is 11.0. The van der Waals surface area contributed by atoms with E-state index >= 15 is 0 Å². The minimum Gasteiger partial charge on any atom is -0.381 e. The van der Waals surface area contributed by atoms with Crippen molar-refractivity contribution >= 4 is 39.1 Å². The molecule has 0 saturated carbocycles. The number of pyridine rings is 2. The van der Waals surface area contributed by atoms with Gasteiger partial charge in [0.2, 0.25) is 11.2 Å². The van der Waals surface area contributed by atoms with Crippen molar-refractivity contribution in [3.05, 3.63) is 160 Å². The molecule has 0 amide bonds. The van der Waals surface area contributed by atoms with Gasteiger partial charge in [-0.25, -0.2) is 9.97 Å². The number of hydrogen-bond donors (Lipinski definition) is 2. The fourth-order valence-electron chi connectivity index (χ4n) is 6.35. The maximum Gasteiger partial charge on any atom is 0.263 e. The number of nitrogen functional groups attached to an aromatic ring is 1. The smallest absolute Gasteiger partial charge is 0.263 e. The molecule has 12 heteroatoms. The quantitative estimate of drug-likeness (QED) is 0.167. The normalized spacial score (nSPS) is 11.9. The Balaban J connectivity index is 0.000000166. The first-order valence-corrected chi connectivity index (χ1v) is 18.2. The number of halogens is 1. The van der Waals surface area contributed by atoms with Gasteiger partial charge in [0, 0.05) is 63.2 Å². The van der Waals surface area contributed by atoms with E-state index in [0.29, 0.717) is 22.5 Å². The summed E-state index contributed by atoms with van der Waals surface area (Å²) in [4.78, 5) is 42.9. The zero-order chi connectivity index (χ0) is 38.3. The van der Waals surface area contributed by atoms with Crippen LogP contribution in [0.2, 0.25) is 5.28 Å². The summed E-state index contributed by atoms with van der Waals surface area (Å²) >= 11 is 6.16. The molecule has 4 aromatic heterocycles. The Hall–Kier alpha value is -6.53. The Morgan fingerprint density at radius 1 is 0.571 bits per heavy atom. The molecule has 1 aliphatic heterocycles. The Morgan fingerprint density at radius 2 is 1.00 bits per heavy atom. The van der Waals surface area contributed by atoms with Crippen LogP contribution in [0.4, 0.5) is 5.95 Å². The second kappa shape index (κ2) is 17.7. The maximum absolute atomic E-state index is 12.9. The van der Waals surface area contributed by atoms with Crippen LogP contribution in [0.1, 0.15) is 12.8 Å². The van der Waals surface area contributed by atoms with Gasteiger partial charge in [-0.2, -0.15) is 0 Å². The van der Waals surface area contributed by atoms with Crippen molar-refractivity contribution in [1.29, 1.82) is 0 Å². The number of fused-ring (bicyclic) bond motifs is 2. The summed E-state index contributed by atoms with van der Waals surface area (Å²) in [5.74, 6) is 0.182. The van der Waals surface area contributed by atoms with E-state index in [1.807, 2.05) is 109 Å². The molecule has 0 atom stereocenters. The molecule has 0 unspecified atom stereocenters. The predicted octanol–water partition coefficient (Wildman–Crippen LogP) is 8.52. The molecule has 0 bridgehead atoms. The number of nitrogens with zero attached hydrogens (tertiary/aromatic N) is 6. The highest BCUT2D eigenvalue weighted by Gasteiger charge is 2.19. The molecule has 282 valence electrons.